The smallest absolute Gasteiger partial charge is 0.394 e. The van der Waals surface area contributed by atoms with Gasteiger partial charge in [-0.15, -0.1) is 5.10 Å². The lowest BCUT2D eigenvalue weighted by atomic mass is 9.86. The Bertz CT molecular complexity index is 1190. The van der Waals surface area contributed by atoms with E-state index in [1.54, 1.807) is 32.5 Å². The lowest BCUT2D eigenvalue weighted by molar-refractivity contribution is -0.272. The Morgan fingerprint density at radius 1 is 1.17 bits per heavy atom. The SMILES string of the molecule is [B]C1OC2COP(=O)(O[C@@H]3CSSC[C@H]3OCc3cn(CCOCCO[C@H]4OC(CO)[C@H](O)C(O)C4NC(C)=O)nn3)O[C@H]2C1C. The summed E-state index contributed by atoms with van der Waals surface area (Å²) in [5.41, 5.74) is 0.591. The summed E-state index contributed by atoms with van der Waals surface area (Å²) in [5, 5.41) is 40.6. The molecule has 0 saturated carbocycles. The maximum atomic E-state index is 13.3. The van der Waals surface area contributed by atoms with Crippen LogP contribution >= 0.6 is 29.4 Å². The summed E-state index contributed by atoms with van der Waals surface area (Å²) in [4.78, 5) is 11.5. The van der Waals surface area contributed by atoms with Gasteiger partial charge in [-0.2, -0.15) is 0 Å². The minimum absolute atomic E-state index is 0.0592. The number of phosphoric ester groups is 1. The minimum atomic E-state index is -3.84. The van der Waals surface area contributed by atoms with Crippen molar-refractivity contribution in [2.45, 2.75) is 88.1 Å². The quantitative estimate of drug-likeness (QED) is 0.0787. The number of aromatic nitrogens is 3. The van der Waals surface area contributed by atoms with Crippen LogP contribution in [0.3, 0.4) is 0 Å². The first-order valence-corrected chi connectivity index (χ1v) is 18.9. The highest BCUT2D eigenvalue weighted by Gasteiger charge is 2.51. The second kappa shape index (κ2) is 16.7. The van der Waals surface area contributed by atoms with E-state index in [0.717, 1.165) is 0 Å². The number of aliphatic hydroxyl groups is 3. The molecule has 1 amide bonds. The van der Waals surface area contributed by atoms with Crippen LogP contribution in [0.5, 0.6) is 0 Å². The molecule has 21 heteroatoms. The average molecular weight is 711 g/mol. The molecule has 0 aromatic carbocycles. The van der Waals surface area contributed by atoms with Crippen molar-refractivity contribution in [3.8, 4) is 0 Å². The second-order valence-electron chi connectivity index (χ2n) is 11.3. The van der Waals surface area contributed by atoms with E-state index >= 15 is 0 Å². The van der Waals surface area contributed by atoms with Crippen LogP contribution in [0.15, 0.2) is 6.20 Å². The van der Waals surface area contributed by atoms with Crippen LogP contribution in [0.4, 0.5) is 0 Å². The summed E-state index contributed by atoms with van der Waals surface area (Å²) in [6.45, 7) is 3.75. The van der Waals surface area contributed by atoms with Crippen molar-refractivity contribution in [1.29, 1.82) is 0 Å². The molecule has 5 rings (SSSR count). The number of carbonyl (C=O) groups excluding carboxylic acids is 1. The first kappa shape index (κ1) is 36.4. The molecule has 5 heterocycles. The predicted octanol–water partition coefficient (Wildman–Crippen LogP) is -1.03. The number of ether oxygens (including phenoxy) is 5. The van der Waals surface area contributed by atoms with E-state index in [2.05, 4.69) is 15.6 Å². The molecule has 0 spiro atoms. The van der Waals surface area contributed by atoms with Crippen molar-refractivity contribution < 1.29 is 61.9 Å². The van der Waals surface area contributed by atoms with Crippen LogP contribution in [0.25, 0.3) is 0 Å². The van der Waals surface area contributed by atoms with Crippen molar-refractivity contribution >= 4 is 43.2 Å². The first-order chi connectivity index (χ1) is 22.1. The fraction of sp³-hybridized carbons (Fsp3) is 0.880. The Balaban J connectivity index is 1.02. The monoisotopic (exact) mass is 710 g/mol. The van der Waals surface area contributed by atoms with Gasteiger partial charge in [0.05, 0.1) is 58.5 Å². The highest BCUT2D eigenvalue weighted by molar-refractivity contribution is 8.76. The Labute approximate surface area is 275 Å². The summed E-state index contributed by atoms with van der Waals surface area (Å²) >= 11 is 0. The maximum absolute atomic E-state index is 13.3. The fourth-order valence-electron chi connectivity index (χ4n) is 5.29. The van der Waals surface area contributed by atoms with E-state index in [1.165, 1.54) is 6.92 Å². The number of phosphoric acid groups is 1. The molecule has 4 N–H and O–H groups in total. The number of aliphatic hydroxyl groups excluding tert-OH is 3. The Morgan fingerprint density at radius 2 is 1.96 bits per heavy atom. The molecule has 4 aliphatic heterocycles. The lowest BCUT2D eigenvalue weighted by Gasteiger charge is -2.42. The van der Waals surface area contributed by atoms with Gasteiger partial charge in [-0.25, -0.2) is 9.25 Å². The maximum Gasteiger partial charge on any atom is 0.475 e. The van der Waals surface area contributed by atoms with Crippen LogP contribution in [-0.2, 0) is 59.8 Å². The standard InChI is InChI=1S/C25H40BN4O13PS2/c1-13-23-17(40-24(13)26)10-39-44(35,43-23)42-19-12-46-45-11-18(19)38-9-15-7-30(29-28-15)3-4-36-5-6-37-25-20(27-14(2)32)22(34)21(33)16(8-31)41-25/h7,13,16-25,31,33-34H,3-6,8-12H2,1-2H3,(H,27,32)/t13?,16?,17?,18-,19-,20?,21+,22?,23+,24?,25+,44?/m1/s1. The van der Waals surface area contributed by atoms with Gasteiger partial charge in [0.25, 0.3) is 0 Å². The third kappa shape index (κ3) is 9.23. The Morgan fingerprint density at radius 3 is 2.72 bits per heavy atom. The van der Waals surface area contributed by atoms with Crippen LogP contribution < -0.4 is 5.32 Å². The zero-order valence-electron chi connectivity index (χ0n) is 25.4. The molecule has 258 valence electrons. The fourth-order valence-corrected chi connectivity index (χ4v) is 9.50. The zero-order chi connectivity index (χ0) is 32.8. The van der Waals surface area contributed by atoms with E-state index < -0.39 is 69.2 Å². The first-order valence-electron chi connectivity index (χ1n) is 14.9. The van der Waals surface area contributed by atoms with E-state index in [-0.39, 0.29) is 51.2 Å². The normalized spacial score (nSPS) is 39.6. The van der Waals surface area contributed by atoms with E-state index in [0.29, 0.717) is 23.7 Å². The van der Waals surface area contributed by atoms with Crippen LogP contribution in [0.2, 0.25) is 0 Å². The molecule has 12 atom stereocenters. The number of nitrogens with zero attached hydrogens (tertiary/aromatic N) is 3. The van der Waals surface area contributed by atoms with Crippen LogP contribution in [0.1, 0.15) is 19.5 Å². The number of fused-ring (bicyclic) bond motifs is 1. The van der Waals surface area contributed by atoms with Gasteiger partial charge in [-0.05, 0) is 0 Å². The minimum Gasteiger partial charge on any atom is -0.394 e. The number of carbonyl (C=O) groups is 1. The molecular formula is C25H40BN4O13PS2. The van der Waals surface area contributed by atoms with Crippen LogP contribution in [-0.4, -0.2) is 150 Å². The molecule has 0 bridgehead atoms. The van der Waals surface area contributed by atoms with Gasteiger partial charge in [0.15, 0.2) is 6.29 Å². The summed E-state index contributed by atoms with van der Waals surface area (Å²) < 4.78 is 60.6. The summed E-state index contributed by atoms with van der Waals surface area (Å²) in [6.07, 6.45) is -4.95. The molecule has 46 heavy (non-hydrogen) atoms. The third-order valence-corrected chi connectivity index (χ3v) is 11.8. The summed E-state index contributed by atoms with van der Waals surface area (Å²) in [7, 11) is 5.34. The van der Waals surface area contributed by atoms with E-state index in [4.69, 9.17) is 45.1 Å². The molecule has 7 unspecified atom stereocenters. The van der Waals surface area contributed by atoms with E-state index in [1.807, 2.05) is 6.92 Å². The molecule has 0 aliphatic carbocycles. The number of hydrogen-bond acceptors (Lipinski definition) is 17. The molecule has 4 fully saturated rings. The molecule has 1 aromatic rings. The highest BCUT2D eigenvalue weighted by atomic mass is 33.1. The largest absolute Gasteiger partial charge is 0.475 e. The lowest BCUT2D eigenvalue weighted by Crippen LogP contribution is -2.64. The number of rotatable bonds is 14. The second-order valence-corrected chi connectivity index (χ2v) is 15.4. The van der Waals surface area contributed by atoms with Crippen molar-refractivity contribution in [3.63, 3.8) is 0 Å². The molecule has 2 radical (unpaired) electrons. The summed E-state index contributed by atoms with van der Waals surface area (Å²) in [5.74, 6) is 0.550. The highest BCUT2D eigenvalue weighted by Crippen LogP contribution is 2.58. The van der Waals surface area contributed by atoms with Gasteiger partial charge < -0.3 is 44.3 Å². The van der Waals surface area contributed by atoms with Crippen LogP contribution in [0, 0.1) is 5.92 Å². The molecule has 1 aromatic heterocycles. The predicted molar refractivity (Wildman–Crippen MR) is 163 cm³/mol. The number of amides is 1. The van der Waals surface area contributed by atoms with Gasteiger partial charge >= 0.3 is 7.82 Å². The van der Waals surface area contributed by atoms with E-state index in [9.17, 15) is 24.7 Å². The average Bonchev–Trinajstić information content (AvgIpc) is 3.60. The van der Waals surface area contributed by atoms with Gasteiger partial charge in [0.1, 0.15) is 56.2 Å². The third-order valence-electron chi connectivity index (χ3n) is 7.87. The van der Waals surface area contributed by atoms with Gasteiger partial charge in [-0.3, -0.25) is 18.4 Å². The zero-order valence-corrected chi connectivity index (χ0v) is 27.9. The van der Waals surface area contributed by atoms with Crippen molar-refractivity contribution in [2.75, 3.05) is 44.5 Å². The Kier molecular flexibility index (Phi) is 13.2. The molecule has 4 aliphatic rings. The van der Waals surface area contributed by atoms with Crippen molar-refractivity contribution in [3.05, 3.63) is 11.9 Å². The molecule has 17 nitrogen and oxygen atoms in total. The van der Waals surface area contributed by atoms with Gasteiger partial charge in [-0.1, -0.05) is 33.7 Å². The molecule has 4 saturated heterocycles. The summed E-state index contributed by atoms with van der Waals surface area (Å²) in [6, 6.07) is -1.54. The van der Waals surface area contributed by atoms with Crippen molar-refractivity contribution in [1.82, 2.24) is 20.3 Å². The number of nitrogens with one attached hydrogen (secondary N) is 1. The van der Waals surface area contributed by atoms with Gasteiger partial charge in [0, 0.05) is 30.4 Å². The topological polar surface area (TPSA) is 211 Å². The molecular weight excluding hydrogens is 670 g/mol. The number of hydrogen-bond donors (Lipinski definition) is 4. The van der Waals surface area contributed by atoms with Crippen molar-refractivity contribution in [2.24, 2.45) is 5.92 Å². The Hall–Kier alpha value is -0.835. The van der Waals surface area contributed by atoms with Gasteiger partial charge in [0.2, 0.25) is 5.91 Å².